The van der Waals surface area contributed by atoms with Gasteiger partial charge in [0.15, 0.2) is 5.69 Å². The first-order valence-electron chi connectivity index (χ1n) is 8.68. The van der Waals surface area contributed by atoms with E-state index in [0.717, 1.165) is 18.4 Å². The lowest BCUT2D eigenvalue weighted by Crippen LogP contribution is -2.48. The lowest BCUT2D eigenvalue weighted by molar-refractivity contribution is 0.0674. The molecule has 0 spiro atoms. The van der Waals surface area contributed by atoms with Crippen molar-refractivity contribution in [3.05, 3.63) is 41.8 Å². The maximum Gasteiger partial charge on any atom is 0.276 e. The molecule has 5 nitrogen and oxygen atoms in total. The van der Waals surface area contributed by atoms with Crippen LogP contribution in [-0.4, -0.2) is 41.0 Å². The van der Waals surface area contributed by atoms with E-state index in [1.54, 1.807) is 0 Å². The molecule has 2 unspecified atom stereocenters. The summed E-state index contributed by atoms with van der Waals surface area (Å²) in [5.41, 5.74) is 1.32. The summed E-state index contributed by atoms with van der Waals surface area (Å²) < 4.78 is 5.74. The number of oxazole rings is 1. The second-order valence-corrected chi connectivity index (χ2v) is 6.97. The van der Waals surface area contributed by atoms with Crippen LogP contribution in [0.25, 0.3) is 11.5 Å². The highest BCUT2D eigenvalue weighted by atomic mass is 16.4. The summed E-state index contributed by atoms with van der Waals surface area (Å²) >= 11 is 0. The number of aryl methyl sites for hydroxylation is 1. The van der Waals surface area contributed by atoms with Crippen molar-refractivity contribution in [2.75, 3.05) is 7.05 Å². The molecule has 2 fully saturated rings. The van der Waals surface area contributed by atoms with E-state index in [9.17, 15) is 4.79 Å². The summed E-state index contributed by atoms with van der Waals surface area (Å²) in [6.45, 7) is 1.81. The molecule has 126 valence electrons. The molecular formula is C19H23N3O2. The molecule has 2 bridgehead atoms. The Morgan fingerprint density at radius 1 is 1.21 bits per heavy atom. The Morgan fingerprint density at radius 2 is 1.88 bits per heavy atom. The number of hydrogen-bond donors (Lipinski definition) is 1. The molecule has 4 rings (SSSR count). The third kappa shape index (κ3) is 2.73. The average Bonchev–Trinajstić information content (AvgIpc) is 3.16. The third-order valence-corrected chi connectivity index (χ3v) is 5.34. The van der Waals surface area contributed by atoms with Crippen LogP contribution >= 0.6 is 0 Å². The molecule has 0 radical (unpaired) electrons. The predicted octanol–water partition coefficient (Wildman–Crippen LogP) is 3.01. The number of rotatable bonds is 3. The Kier molecular flexibility index (Phi) is 3.88. The Labute approximate surface area is 142 Å². The van der Waals surface area contributed by atoms with Gasteiger partial charge in [0.1, 0.15) is 5.76 Å². The Balaban J connectivity index is 1.55. The van der Waals surface area contributed by atoms with Gasteiger partial charge in [-0.05, 0) is 44.7 Å². The number of nitrogens with one attached hydrogen (secondary N) is 1. The first-order chi connectivity index (χ1) is 11.6. The molecule has 2 atom stereocenters. The zero-order chi connectivity index (χ0) is 16.7. The first kappa shape index (κ1) is 15.4. The normalized spacial score (nSPS) is 25.7. The fourth-order valence-corrected chi connectivity index (χ4v) is 3.98. The zero-order valence-electron chi connectivity index (χ0n) is 14.2. The summed E-state index contributed by atoms with van der Waals surface area (Å²) in [7, 11) is 1.90. The standard InChI is InChI=1S/C19H23N3O2/c1-12-17(21-18(24-12)13-6-4-3-5-7-13)19(23)22(2)16-10-14-8-9-15(11-16)20-14/h3-7,14-16,20H,8-11H2,1-2H3. The van der Waals surface area contributed by atoms with Gasteiger partial charge >= 0.3 is 0 Å². The molecule has 1 amide bonds. The van der Waals surface area contributed by atoms with Crippen LogP contribution in [0.2, 0.25) is 0 Å². The van der Waals surface area contributed by atoms with Crippen molar-refractivity contribution >= 4 is 5.91 Å². The van der Waals surface area contributed by atoms with Crippen molar-refractivity contribution in [1.82, 2.24) is 15.2 Å². The van der Waals surface area contributed by atoms with E-state index in [1.807, 2.05) is 49.2 Å². The molecule has 5 heteroatoms. The molecule has 1 aromatic heterocycles. The second kappa shape index (κ2) is 6.06. The summed E-state index contributed by atoms with van der Waals surface area (Å²) in [6.07, 6.45) is 4.51. The van der Waals surface area contributed by atoms with Crippen LogP contribution in [0.1, 0.15) is 41.9 Å². The maximum atomic E-state index is 12.9. The van der Waals surface area contributed by atoms with Crippen molar-refractivity contribution in [3.63, 3.8) is 0 Å². The van der Waals surface area contributed by atoms with Gasteiger partial charge in [-0.3, -0.25) is 4.79 Å². The average molecular weight is 325 g/mol. The van der Waals surface area contributed by atoms with E-state index in [-0.39, 0.29) is 11.9 Å². The Bertz CT molecular complexity index is 728. The van der Waals surface area contributed by atoms with Gasteiger partial charge in [0, 0.05) is 30.7 Å². The smallest absolute Gasteiger partial charge is 0.276 e. The predicted molar refractivity (Wildman–Crippen MR) is 91.7 cm³/mol. The number of carbonyl (C=O) groups is 1. The second-order valence-electron chi connectivity index (χ2n) is 6.97. The van der Waals surface area contributed by atoms with Gasteiger partial charge in [0.2, 0.25) is 5.89 Å². The highest BCUT2D eigenvalue weighted by molar-refractivity contribution is 5.93. The monoisotopic (exact) mass is 325 g/mol. The maximum absolute atomic E-state index is 12.9. The van der Waals surface area contributed by atoms with E-state index < -0.39 is 0 Å². The van der Waals surface area contributed by atoms with Crippen LogP contribution in [0.3, 0.4) is 0 Å². The Hall–Kier alpha value is -2.14. The van der Waals surface area contributed by atoms with E-state index in [0.29, 0.717) is 29.4 Å². The van der Waals surface area contributed by atoms with Crippen molar-refractivity contribution < 1.29 is 9.21 Å². The minimum atomic E-state index is -0.0373. The Morgan fingerprint density at radius 3 is 2.54 bits per heavy atom. The van der Waals surface area contributed by atoms with Crippen LogP contribution in [-0.2, 0) is 0 Å². The molecule has 2 aliphatic rings. The minimum absolute atomic E-state index is 0.0373. The third-order valence-electron chi connectivity index (χ3n) is 5.34. The van der Waals surface area contributed by atoms with Gasteiger partial charge in [0.25, 0.3) is 5.91 Å². The number of hydrogen-bond acceptors (Lipinski definition) is 4. The number of amides is 1. The fraction of sp³-hybridized carbons (Fsp3) is 0.474. The number of benzene rings is 1. The van der Waals surface area contributed by atoms with Crippen LogP contribution < -0.4 is 5.32 Å². The van der Waals surface area contributed by atoms with Crippen molar-refractivity contribution in [1.29, 1.82) is 0 Å². The number of aromatic nitrogens is 1. The van der Waals surface area contributed by atoms with E-state index in [1.165, 1.54) is 12.8 Å². The van der Waals surface area contributed by atoms with E-state index >= 15 is 0 Å². The zero-order valence-corrected chi connectivity index (χ0v) is 14.2. The molecule has 24 heavy (non-hydrogen) atoms. The van der Waals surface area contributed by atoms with E-state index in [4.69, 9.17) is 4.42 Å². The lowest BCUT2D eigenvalue weighted by atomic mass is 9.98. The topological polar surface area (TPSA) is 58.4 Å². The van der Waals surface area contributed by atoms with Gasteiger partial charge < -0.3 is 14.6 Å². The van der Waals surface area contributed by atoms with Crippen LogP contribution in [0.5, 0.6) is 0 Å². The highest BCUT2D eigenvalue weighted by Crippen LogP contribution is 2.30. The van der Waals surface area contributed by atoms with Crippen LogP contribution in [0.15, 0.2) is 34.7 Å². The van der Waals surface area contributed by atoms with Crippen LogP contribution in [0.4, 0.5) is 0 Å². The van der Waals surface area contributed by atoms with Gasteiger partial charge in [-0.1, -0.05) is 18.2 Å². The summed E-state index contributed by atoms with van der Waals surface area (Å²) in [4.78, 5) is 19.3. The number of carbonyl (C=O) groups excluding carboxylic acids is 1. The number of fused-ring (bicyclic) bond motifs is 2. The SMILES string of the molecule is Cc1oc(-c2ccccc2)nc1C(=O)N(C)C1CC2CCC(C1)N2. The minimum Gasteiger partial charge on any atom is -0.441 e. The molecule has 2 saturated heterocycles. The molecule has 1 N–H and O–H groups in total. The molecular weight excluding hydrogens is 302 g/mol. The summed E-state index contributed by atoms with van der Waals surface area (Å²) in [6, 6.07) is 11.1. The quantitative estimate of drug-likeness (QED) is 0.942. The largest absolute Gasteiger partial charge is 0.441 e. The number of nitrogens with zero attached hydrogens (tertiary/aromatic N) is 2. The van der Waals surface area contributed by atoms with Crippen molar-refractivity contribution in [2.24, 2.45) is 0 Å². The van der Waals surface area contributed by atoms with Gasteiger partial charge in [-0.25, -0.2) is 4.98 Å². The molecule has 1 aromatic carbocycles. The lowest BCUT2D eigenvalue weighted by Gasteiger charge is -2.35. The fourth-order valence-electron chi connectivity index (χ4n) is 3.98. The summed E-state index contributed by atoms with van der Waals surface area (Å²) in [5, 5.41) is 3.62. The van der Waals surface area contributed by atoms with Gasteiger partial charge in [0.05, 0.1) is 0 Å². The first-order valence-corrected chi connectivity index (χ1v) is 8.68. The molecule has 2 aliphatic heterocycles. The van der Waals surface area contributed by atoms with Gasteiger partial charge in [-0.15, -0.1) is 0 Å². The molecule has 0 aliphatic carbocycles. The van der Waals surface area contributed by atoms with Crippen molar-refractivity contribution in [3.8, 4) is 11.5 Å². The molecule has 3 heterocycles. The summed E-state index contributed by atoms with van der Waals surface area (Å²) in [5.74, 6) is 1.06. The highest BCUT2D eigenvalue weighted by Gasteiger charge is 2.37. The van der Waals surface area contributed by atoms with E-state index in [2.05, 4.69) is 10.3 Å². The van der Waals surface area contributed by atoms with Crippen molar-refractivity contribution in [2.45, 2.75) is 50.7 Å². The number of piperidine rings is 1. The molecule has 0 saturated carbocycles. The molecule has 2 aromatic rings. The van der Waals surface area contributed by atoms with Gasteiger partial charge in [-0.2, -0.15) is 0 Å². The van der Waals surface area contributed by atoms with Crippen LogP contribution in [0, 0.1) is 6.92 Å².